The summed E-state index contributed by atoms with van der Waals surface area (Å²) in [6.45, 7) is 10.4. The third kappa shape index (κ3) is 1.50. The van der Waals surface area contributed by atoms with Gasteiger partial charge in [0.2, 0.25) is 0 Å². The van der Waals surface area contributed by atoms with Crippen LogP contribution in [0.15, 0.2) is 0 Å². The Kier molecular flexibility index (Phi) is 1.62. The highest BCUT2D eigenvalue weighted by molar-refractivity contribution is 6.60. The largest absolute Gasteiger partial charge is 0.137 e. The first-order valence-electron chi connectivity index (χ1n) is 4.00. The maximum atomic E-state index is 2.35. The van der Waals surface area contributed by atoms with Crippen LogP contribution in [-0.4, -0.2) is 6.71 Å². The van der Waals surface area contributed by atoms with Crippen LogP contribution in [0.25, 0.3) is 0 Å². The minimum Gasteiger partial charge on any atom is -0.0861 e. The summed E-state index contributed by atoms with van der Waals surface area (Å²) in [5, 5.41) is 0. The second-order valence-electron chi connectivity index (χ2n) is 4.64. The molecule has 52 valence electrons. The Morgan fingerprint density at radius 2 is 1.67 bits per heavy atom. The van der Waals surface area contributed by atoms with Crippen LogP contribution in [0.5, 0.6) is 0 Å². The zero-order valence-corrected chi connectivity index (χ0v) is 7.07. The topological polar surface area (TPSA) is 0 Å². The summed E-state index contributed by atoms with van der Waals surface area (Å²) in [7, 11) is 0. The molecule has 0 saturated carbocycles. The lowest BCUT2D eigenvalue weighted by Crippen LogP contribution is -2.36. The summed E-state index contributed by atoms with van der Waals surface area (Å²) < 4.78 is 0. The van der Waals surface area contributed by atoms with E-state index in [1.54, 1.807) is 0 Å². The molecule has 0 nitrogen and oxygen atoms in total. The molecular weight excluding hydrogens is 107 g/mol. The van der Waals surface area contributed by atoms with Crippen LogP contribution in [0.1, 0.15) is 20.8 Å². The molecule has 0 atom stereocenters. The standard InChI is InChI=1S/C8H17B/c1-8(2,3)7-5-9(4)6-7/h7H,5-6H2,1-4H3. The van der Waals surface area contributed by atoms with E-state index in [9.17, 15) is 0 Å². The van der Waals surface area contributed by atoms with Gasteiger partial charge in [0.25, 0.3) is 0 Å². The molecule has 1 rings (SSSR count). The van der Waals surface area contributed by atoms with Gasteiger partial charge >= 0.3 is 0 Å². The summed E-state index contributed by atoms with van der Waals surface area (Å²) in [5.74, 6) is 1.01. The van der Waals surface area contributed by atoms with Gasteiger partial charge in [-0.15, -0.1) is 0 Å². The lowest BCUT2D eigenvalue weighted by Gasteiger charge is -2.41. The van der Waals surface area contributed by atoms with Gasteiger partial charge in [0.1, 0.15) is 6.71 Å². The van der Waals surface area contributed by atoms with Crippen LogP contribution >= 0.6 is 0 Å². The smallest absolute Gasteiger partial charge is 0.0861 e. The molecule has 1 fully saturated rings. The molecule has 0 amide bonds. The molecule has 0 aromatic carbocycles. The van der Waals surface area contributed by atoms with Gasteiger partial charge in [0.05, 0.1) is 0 Å². The van der Waals surface area contributed by atoms with Crippen molar-refractivity contribution in [3.05, 3.63) is 0 Å². The second kappa shape index (κ2) is 2.03. The zero-order valence-electron chi connectivity index (χ0n) is 7.07. The molecule has 0 N–H and O–H groups in total. The molecule has 1 heterocycles. The van der Waals surface area contributed by atoms with E-state index in [0.717, 1.165) is 12.6 Å². The van der Waals surface area contributed by atoms with Gasteiger partial charge in [-0.3, -0.25) is 0 Å². The monoisotopic (exact) mass is 124 g/mol. The second-order valence-corrected chi connectivity index (χ2v) is 4.64. The van der Waals surface area contributed by atoms with E-state index in [1.165, 1.54) is 12.6 Å². The SMILES string of the molecule is CB1CC(C(C)(C)C)C1. The van der Waals surface area contributed by atoms with Crippen molar-refractivity contribution in [3.63, 3.8) is 0 Å². The van der Waals surface area contributed by atoms with Gasteiger partial charge in [0, 0.05) is 0 Å². The van der Waals surface area contributed by atoms with Gasteiger partial charge in [-0.2, -0.15) is 0 Å². The first-order chi connectivity index (χ1) is 4.00. The molecular formula is C8H17B. The Bertz CT molecular complexity index is 95.6. The average Bonchev–Trinajstić information content (AvgIpc) is 1.55. The molecule has 0 spiro atoms. The Balaban J connectivity index is 2.32. The molecule has 0 aromatic rings. The van der Waals surface area contributed by atoms with E-state index in [4.69, 9.17) is 0 Å². The highest BCUT2D eigenvalue weighted by Gasteiger charge is 2.35. The maximum Gasteiger partial charge on any atom is 0.137 e. The van der Waals surface area contributed by atoms with Crippen LogP contribution in [0, 0.1) is 11.3 Å². The molecule has 0 bridgehead atoms. The zero-order chi connectivity index (χ0) is 7.07. The van der Waals surface area contributed by atoms with Crippen LogP contribution in [0.3, 0.4) is 0 Å². The third-order valence-electron chi connectivity index (χ3n) is 2.60. The van der Waals surface area contributed by atoms with E-state index in [-0.39, 0.29) is 0 Å². The Morgan fingerprint density at radius 1 is 1.22 bits per heavy atom. The molecule has 0 radical (unpaired) electrons. The average molecular weight is 124 g/mol. The minimum atomic E-state index is 0.576. The van der Waals surface area contributed by atoms with Gasteiger partial charge in [-0.1, -0.05) is 40.2 Å². The van der Waals surface area contributed by atoms with Crippen molar-refractivity contribution in [2.75, 3.05) is 0 Å². The minimum absolute atomic E-state index is 0.576. The van der Waals surface area contributed by atoms with Crippen molar-refractivity contribution in [1.29, 1.82) is 0 Å². The summed E-state index contributed by atoms with van der Waals surface area (Å²) in [6.07, 6.45) is 2.92. The van der Waals surface area contributed by atoms with Crippen LogP contribution < -0.4 is 0 Å². The van der Waals surface area contributed by atoms with Crippen molar-refractivity contribution in [2.45, 2.75) is 40.2 Å². The Labute approximate surface area is 59.1 Å². The Morgan fingerprint density at radius 3 is 1.78 bits per heavy atom. The summed E-state index contributed by atoms with van der Waals surface area (Å²) in [5.41, 5.74) is 0.576. The van der Waals surface area contributed by atoms with E-state index >= 15 is 0 Å². The molecule has 0 unspecified atom stereocenters. The van der Waals surface area contributed by atoms with Gasteiger partial charge in [-0.05, 0) is 11.3 Å². The maximum absolute atomic E-state index is 2.35. The fourth-order valence-corrected chi connectivity index (χ4v) is 1.61. The van der Waals surface area contributed by atoms with E-state index in [0.29, 0.717) is 5.41 Å². The number of hydrogen-bond acceptors (Lipinski definition) is 0. The van der Waals surface area contributed by atoms with Gasteiger partial charge in [-0.25, -0.2) is 0 Å². The summed E-state index contributed by atoms with van der Waals surface area (Å²) >= 11 is 0. The van der Waals surface area contributed by atoms with Crippen molar-refractivity contribution in [1.82, 2.24) is 0 Å². The van der Waals surface area contributed by atoms with Gasteiger partial charge < -0.3 is 0 Å². The van der Waals surface area contributed by atoms with E-state index in [2.05, 4.69) is 27.6 Å². The first-order valence-corrected chi connectivity index (χ1v) is 4.00. The molecule has 9 heavy (non-hydrogen) atoms. The lowest BCUT2D eigenvalue weighted by atomic mass is 9.30. The molecule has 0 aromatic heterocycles. The van der Waals surface area contributed by atoms with E-state index in [1.807, 2.05) is 0 Å². The predicted molar refractivity (Wildman–Crippen MR) is 44.2 cm³/mol. The molecule has 1 saturated heterocycles. The number of rotatable bonds is 0. The molecule has 1 heteroatoms. The van der Waals surface area contributed by atoms with Crippen LogP contribution in [0.4, 0.5) is 0 Å². The molecule has 0 aliphatic carbocycles. The fourth-order valence-electron chi connectivity index (χ4n) is 1.61. The van der Waals surface area contributed by atoms with Crippen LogP contribution in [0.2, 0.25) is 19.5 Å². The molecule has 1 aliphatic rings. The van der Waals surface area contributed by atoms with Crippen molar-refractivity contribution in [3.8, 4) is 0 Å². The highest BCUT2D eigenvalue weighted by atomic mass is 14.3. The first kappa shape index (κ1) is 7.18. The van der Waals surface area contributed by atoms with Crippen LogP contribution in [-0.2, 0) is 0 Å². The number of hydrogen-bond donors (Lipinski definition) is 0. The van der Waals surface area contributed by atoms with Crippen molar-refractivity contribution < 1.29 is 0 Å². The normalized spacial score (nSPS) is 22.0. The summed E-state index contributed by atoms with van der Waals surface area (Å²) in [4.78, 5) is 0. The van der Waals surface area contributed by atoms with Crippen molar-refractivity contribution in [2.24, 2.45) is 11.3 Å². The molecule has 1 aliphatic heterocycles. The fraction of sp³-hybridized carbons (Fsp3) is 1.00. The quantitative estimate of drug-likeness (QED) is 0.435. The predicted octanol–water partition coefficient (Wildman–Crippen LogP) is 2.79. The van der Waals surface area contributed by atoms with Gasteiger partial charge in [0.15, 0.2) is 0 Å². The van der Waals surface area contributed by atoms with Crippen molar-refractivity contribution >= 4 is 6.71 Å². The lowest BCUT2D eigenvalue weighted by molar-refractivity contribution is 0.260. The Hall–Kier alpha value is 0.0649. The van der Waals surface area contributed by atoms with E-state index < -0.39 is 0 Å². The summed E-state index contributed by atoms with van der Waals surface area (Å²) in [6, 6.07) is 0. The highest BCUT2D eigenvalue weighted by Crippen LogP contribution is 2.42. The third-order valence-corrected chi connectivity index (χ3v) is 2.60.